The van der Waals surface area contributed by atoms with Crippen molar-refractivity contribution < 1.29 is 19.2 Å². The predicted octanol–water partition coefficient (Wildman–Crippen LogP) is 3.87. The number of rotatable bonds is 5. The molecule has 0 aromatic heterocycles. The average Bonchev–Trinajstić information content (AvgIpc) is 2.49. The van der Waals surface area contributed by atoms with E-state index in [0.717, 1.165) is 6.07 Å². The van der Waals surface area contributed by atoms with E-state index < -0.39 is 10.9 Å². The van der Waals surface area contributed by atoms with Crippen LogP contribution in [0.3, 0.4) is 0 Å². The van der Waals surface area contributed by atoms with Gasteiger partial charge in [0.15, 0.2) is 11.5 Å². The fraction of sp³-hybridized carbons (Fsp3) is 0.133. The minimum absolute atomic E-state index is 0.0736. The normalized spacial score (nSPS) is 10.1. The summed E-state index contributed by atoms with van der Waals surface area (Å²) in [7, 11) is 0. The van der Waals surface area contributed by atoms with E-state index in [1.165, 1.54) is 12.1 Å². The van der Waals surface area contributed by atoms with Gasteiger partial charge in [-0.2, -0.15) is 0 Å². The summed E-state index contributed by atoms with van der Waals surface area (Å²) in [4.78, 5) is 22.3. The van der Waals surface area contributed by atoms with Crippen molar-refractivity contribution in [1.29, 1.82) is 0 Å². The molecule has 0 aliphatic rings. The monoisotopic (exact) mass is 321 g/mol. The lowest BCUT2D eigenvalue weighted by molar-refractivity contribution is -0.384. The molecule has 0 spiro atoms. The lowest BCUT2D eigenvalue weighted by atomic mass is 10.2. The summed E-state index contributed by atoms with van der Waals surface area (Å²) < 4.78 is 10.6. The van der Waals surface area contributed by atoms with Crippen LogP contribution >= 0.6 is 11.6 Å². The molecule has 0 saturated carbocycles. The first kappa shape index (κ1) is 15.8. The zero-order valence-electron chi connectivity index (χ0n) is 11.6. The summed E-state index contributed by atoms with van der Waals surface area (Å²) in [6.45, 7) is 2.21. The van der Waals surface area contributed by atoms with Crippen molar-refractivity contribution in [2.75, 3.05) is 6.61 Å². The number of nitro groups is 1. The number of ether oxygens (including phenoxy) is 2. The Balaban J connectivity index is 2.30. The maximum absolute atomic E-state index is 12.2. The Morgan fingerprint density at radius 1 is 1.23 bits per heavy atom. The fourth-order valence-corrected chi connectivity index (χ4v) is 1.94. The van der Waals surface area contributed by atoms with Crippen molar-refractivity contribution in [3.8, 4) is 11.5 Å². The number of halogens is 1. The Kier molecular flexibility index (Phi) is 4.95. The van der Waals surface area contributed by atoms with Gasteiger partial charge in [-0.05, 0) is 25.1 Å². The van der Waals surface area contributed by atoms with Crippen LogP contribution in [-0.4, -0.2) is 17.5 Å². The largest absolute Gasteiger partial charge is 0.490 e. The number of nitrogens with zero attached hydrogens (tertiary/aromatic N) is 1. The molecule has 0 saturated heterocycles. The molecule has 0 fully saturated rings. The topological polar surface area (TPSA) is 78.7 Å². The molecule has 0 N–H and O–H groups in total. The van der Waals surface area contributed by atoms with Crippen molar-refractivity contribution >= 4 is 23.3 Å². The second-order valence-electron chi connectivity index (χ2n) is 4.19. The van der Waals surface area contributed by atoms with Crippen LogP contribution in [0.25, 0.3) is 0 Å². The minimum Gasteiger partial charge on any atom is -0.490 e. The summed E-state index contributed by atoms with van der Waals surface area (Å²) in [6, 6.07) is 10.2. The number of non-ortho nitro benzene ring substituents is 1. The SMILES string of the molecule is CCOc1ccccc1OC(=O)c1cc([N+](=O)[O-])ccc1Cl. The van der Waals surface area contributed by atoms with Gasteiger partial charge in [0.1, 0.15) is 0 Å². The van der Waals surface area contributed by atoms with Gasteiger partial charge in [-0.3, -0.25) is 10.1 Å². The lowest BCUT2D eigenvalue weighted by Crippen LogP contribution is -2.10. The van der Waals surface area contributed by atoms with Gasteiger partial charge in [0.2, 0.25) is 0 Å². The fourth-order valence-electron chi connectivity index (χ4n) is 1.75. The highest BCUT2D eigenvalue weighted by molar-refractivity contribution is 6.33. The molecule has 114 valence electrons. The number of hydrogen-bond donors (Lipinski definition) is 0. The van der Waals surface area contributed by atoms with E-state index in [1.54, 1.807) is 31.2 Å². The van der Waals surface area contributed by atoms with Gasteiger partial charge in [-0.15, -0.1) is 0 Å². The Labute approximate surface area is 131 Å². The Morgan fingerprint density at radius 3 is 2.55 bits per heavy atom. The van der Waals surface area contributed by atoms with E-state index in [4.69, 9.17) is 21.1 Å². The lowest BCUT2D eigenvalue weighted by Gasteiger charge is -2.10. The van der Waals surface area contributed by atoms with E-state index >= 15 is 0 Å². The summed E-state index contributed by atoms with van der Waals surface area (Å²) in [5, 5.41) is 10.8. The molecule has 2 aromatic rings. The van der Waals surface area contributed by atoms with E-state index in [9.17, 15) is 14.9 Å². The Bertz CT molecular complexity index is 717. The zero-order valence-corrected chi connectivity index (χ0v) is 12.4. The van der Waals surface area contributed by atoms with Gasteiger partial charge >= 0.3 is 5.97 Å². The first-order valence-electron chi connectivity index (χ1n) is 6.41. The summed E-state index contributed by atoms with van der Waals surface area (Å²) in [5.41, 5.74) is -0.323. The van der Waals surface area contributed by atoms with Gasteiger partial charge in [-0.25, -0.2) is 4.79 Å². The van der Waals surface area contributed by atoms with Gasteiger partial charge < -0.3 is 9.47 Å². The second kappa shape index (κ2) is 6.91. The van der Waals surface area contributed by atoms with Crippen LogP contribution in [0, 0.1) is 10.1 Å². The maximum atomic E-state index is 12.2. The highest BCUT2D eigenvalue weighted by Gasteiger charge is 2.19. The van der Waals surface area contributed by atoms with Crippen LogP contribution in [0.5, 0.6) is 11.5 Å². The molecule has 0 bridgehead atoms. The third-order valence-corrected chi connectivity index (χ3v) is 3.06. The smallest absolute Gasteiger partial charge is 0.345 e. The van der Waals surface area contributed by atoms with Crippen molar-refractivity contribution in [3.63, 3.8) is 0 Å². The Morgan fingerprint density at radius 2 is 1.91 bits per heavy atom. The van der Waals surface area contributed by atoms with Crippen LogP contribution in [0.2, 0.25) is 5.02 Å². The van der Waals surface area contributed by atoms with Crippen molar-refractivity contribution in [2.45, 2.75) is 6.92 Å². The molecule has 0 heterocycles. The van der Waals surface area contributed by atoms with Crippen LogP contribution in [0.1, 0.15) is 17.3 Å². The number of carbonyl (C=O) groups excluding carboxylic acids is 1. The number of nitro benzene ring substituents is 1. The van der Waals surface area contributed by atoms with Gasteiger partial charge in [0, 0.05) is 12.1 Å². The molecule has 7 heteroatoms. The Hall–Kier alpha value is -2.60. The van der Waals surface area contributed by atoms with Crippen LogP contribution in [0.15, 0.2) is 42.5 Å². The molecule has 0 aliphatic heterocycles. The van der Waals surface area contributed by atoms with Crippen LogP contribution < -0.4 is 9.47 Å². The quantitative estimate of drug-likeness (QED) is 0.361. The third-order valence-electron chi connectivity index (χ3n) is 2.73. The highest BCUT2D eigenvalue weighted by Crippen LogP contribution is 2.29. The molecular weight excluding hydrogens is 310 g/mol. The van der Waals surface area contributed by atoms with E-state index in [1.807, 2.05) is 0 Å². The number of esters is 1. The van der Waals surface area contributed by atoms with Crippen molar-refractivity contribution in [2.24, 2.45) is 0 Å². The van der Waals surface area contributed by atoms with Gasteiger partial charge in [-0.1, -0.05) is 23.7 Å². The van der Waals surface area contributed by atoms with E-state index in [0.29, 0.717) is 12.4 Å². The first-order valence-corrected chi connectivity index (χ1v) is 6.78. The van der Waals surface area contributed by atoms with Crippen molar-refractivity contribution in [1.82, 2.24) is 0 Å². The molecular formula is C15H12ClNO5. The van der Waals surface area contributed by atoms with E-state index in [-0.39, 0.29) is 22.0 Å². The molecule has 0 unspecified atom stereocenters. The predicted molar refractivity (Wildman–Crippen MR) is 80.7 cm³/mol. The summed E-state index contributed by atoms with van der Waals surface area (Å²) >= 11 is 5.91. The molecule has 2 aromatic carbocycles. The molecule has 0 atom stereocenters. The average molecular weight is 322 g/mol. The van der Waals surface area contributed by atoms with Gasteiger partial charge in [0.25, 0.3) is 5.69 Å². The molecule has 2 rings (SSSR count). The number of carbonyl (C=O) groups is 1. The molecule has 0 radical (unpaired) electrons. The number of hydrogen-bond acceptors (Lipinski definition) is 5. The standard InChI is InChI=1S/C15H12ClNO5/c1-2-21-13-5-3-4-6-14(13)22-15(18)11-9-10(17(19)20)7-8-12(11)16/h3-9H,2H2,1H3. The molecule has 0 amide bonds. The van der Waals surface area contributed by atoms with E-state index in [2.05, 4.69) is 0 Å². The van der Waals surface area contributed by atoms with Crippen LogP contribution in [0.4, 0.5) is 5.69 Å². The summed E-state index contributed by atoms with van der Waals surface area (Å²) in [5.74, 6) is -0.169. The molecule has 6 nitrogen and oxygen atoms in total. The number of para-hydroxylation sites is 2. The molecule has 0 aliphatic carbocycles. The van der Waals surface area contributed by atoms with Gasteiger partial charge in [0.05, 0.1) is 22.1 Å². The number of benzene rings is 2. The minimum atomic E-state index is -0.791. The summed E-state index contributed by atoms with van der Waals surface area (Å²) in [6.07, 6.45) is 0. The maximum Gasteiger partial charge on any atom is 0.345 e. The zero-order chi connectivity index (χ0) is 16.1. The highest BCUT2D eigenvalue weighted by atomic mass is 35.5. The second-order valence-corrected chi connectivity index (χ2v) is 4.60. The third kappa shape index (κ3) is 3.53. The van der Waals surface area contributed by atoms with Crippen LogP contribution in [-0.2, 0) is 0 Å². The molecule has 22 heavy (non-hydrogen) atoms. The first-order chi connectivity index (χ1) is 10.5. The van der Waals surface area contributed by atoms with Crippen molar-refractivity contribution in [3.05, 3.63) is 63.2 Å².